The molecule has 2 aromatic rings. The molecule has 1 saturated heterocycles. The second kappa shape index (κ2) is 7.42. The molecule has 1 aliphatic rings. The van der Waals surface area contributed by atoms with Gasteiger partial charge < -0.3 is 0 Å². The molecule has 0 N–H and O–H groups in total. The number of halogens is 2. The molecule has 6 heteroatoms. The van der Waals surface area contributed by atoms with Crippen molar-refractivity contribution in [2.75, 3.05) is 0 Å². The van der Waals surface area contributed by atoms with Gasteiger partial charge in [-0.25, -0.2) is 4.39 Å². The van der Waals surface area contributed by atoms with E-state index in [1.165, 1.54) is 23.8 Å². The van der Waals surface area contributed by atoms with Gasteiger partial charge >= 0.3 is 0 Å². The van der Waals surface area contributed by atoms with Crippen LogP contribution in [-0.2, 0) is 17.8 Å². The van der Waals surface area contributed by atoms with Crippen molar-refractivity contribution in [1.82, 2.24) is 4.90 Å². The predicted molar refractivity (Wildman–Crippen MR) is 98.7 cm³/mol. The van der Waals surface area contributed by atoms with Crippen LogP contribution in [0.15, 0.2) is 47.4 Å². The molecule has 0 unspecified atom stereocenters. The van der Waals surface area contributed by atoms with Crippen LogP contribution in [0.3, 0.4) is 0 Å². The molecular weight excluding hydrogens is 361 g/mol. The number of imide groups is 1. The van der Waals surface area contributed by atoms with Crippen LogP contribution in [0, 0.1) is 5.82 Å². The van der Waals surface area contributed by atoms with Crippen molar-refractivity contribution in [2.45, 2.75) is 19.9 Å². The summed E-state index contributed by atoms with van der Waals surface area (Å²) < 4.78 is 13.1. The van der Waals surface area contributed by atoms with Gasteiger partial charge in [0.25, 0.3) is 11.1 Å². The lowest BCUT2D eigenvalue weighted by molar-refractivity contribution is -0.123. The molecular formula is C19H15ClFNO2S. The highest BCUT2D eigenvalue weighted by molar-refractivity contribution is 8.18. The molecule has 128 valence electrons. The van der Waals surface area contributed by atoms with Crippen LogP contribution in [-0.4, -0.2) is 16.0 Å². The largest absolute Gasteiger partial charge is 0.293 e. The lowest BCUT2D eigenvalue weighted by Gasteiger charge is -2.13. The minimum atomic E-state index is -0.460. The Balaban J connectivity index is 1.80. The highest BCUT2D eigenvalue weighted by atomic mass is 35.5. The van der Waals surface area contributed by atoms with Gasteiger partial charge in [-0.15, -0.1) is 0 Å². The van der Waals surface area contributed by atoms with E-state index in [0.29, 0.717) is 10.5 Å². The molecule has 0 aromatic heterocycles. The third kappa shape index (κ3) is 3.94. The highest BCUT2D eigenvalue weighted by Crippen LogP contribution is 2.34. The minimum Gasteiger partial charge on any atom is -0.268 e. The van der Waals surface area contributed by atoms with E-state index in [4.69, 9.17) is 11.6 Å². The Bertz CT molecular complexity index is 864. The van der Waals surface area contributed by atoms with Gasteiger partial charge in [0.05, 0.1) is 11.4 Å². The van der Waals surface area contributed by atoms with Gasteiger partial charge in [-0.05, 0) is 53.1 Å². The highest BCUT2D eigenvalue weighted by Gasteiger charge is 2.35. The quantitative estimate of drug-likeness (QED) is 0.682. The third-order valence-corrected chi connectivity index (χ3v) is 5.16. The summed E-state index contributed by atoms with van der Waals surface area (Å²) in [7, 11) is 0. The fraction of sp³-hybridized carbons (Fsp3) is 0.158. The van der Waals surface area contributed by atoms with Gasteiger partial charge in [0.15, 0.2) is 0 Å². The number of aryl methyl sites for hydroxylation is 1. The number of carbonyl (C=O) groups excluding carboxylic acids is 2. The maximum atomic E-state index is 13.1. The summed E-state index contributed by atoms with van der Waals surface area (Å²) in [5, 5.41) is -0.167. The first-order valence-electron chi connectivity index (χ1n) is 7.76. The van der Waals surface area contributed by atoms with E-state index in [0.717, 1.165) is 28.6 Å². The Morgan fingerprint density at radius 2 is 1.88 bits per heavy atom. The summed E-state index contributed by atoms with van der Waals surface area (Å²) in [6.45, 7) is 2.09. The van der Waals surface area contributed by atoms with Crippen molar-refractivity contribution in [3.8, 4) is 0 Å². The topological polar surface area (TPSA) is 37.4 Å². The number of amides is 2. The van der Waals surface area contributed by atoms with Crippen LogP contribution < -0.4 is 0 Å². The van der Waals surface area contributed by atoms with E-state index < -0.39 is 5.82 Å². The SMILES string of the molecule is CCc1ccc(/C=C2\SC(=O)N(Cc3ccc(F)cc3Cl)C2=O)cc1. The molecule has 0 saturated carbocycles. The Kier molecular flexibility index (Phi) is 5.25. The van der Waals surface area contributed by atoms with Crippen molar-refractivity contribution in [2.24, 2.45) is 0 Å². The van der Waals surface area contributed by atoms with Crippen molar-refractivity contribution < 1.29 is 14.0 Å². The molecule has 0 radical (unpaired) electrons. The number of thioether (sulfide) groups is 1. The normalized spacial score (nSPS) is 16.1. The van der Waals surface area contributed by atoms with E-state index in [9.17, 15) is 14.0 Å². The van der Waals surface area contributed by atoms with Gasteiger partial charge in [0.2, 0.25) is 0 Å². The first-order chi connectivity index (χ1) is 12.0. The summed E-state index contributed by atoms with van der Waals surface area (Å²) in [5.41, 5.74) is 2.60. The molecule has 3 nitrogen and oxygen atoms in total. The average Bonchev–Trinajstić information content (AvgIpc) is 2.85. The average molecular weight is 376 g/mol. The summed E-state index contributed by atoms with van der Waals surface area (Å²) in [6.07, 6.45) is 2.64. The van der Waals surface area contributed by atoms with Gasteiger partial charge in [0.1, 0.15) is 5.82 Å². The zero-order valence-corrected chi connectivity index (χ0v) is 15.0. The molecule has 1 aliphatic heterocycles. The van der Waals surface area contributed by atoms with Gasteiger partial charge in [0, 0.05) is 5.02 Å². The van der Waals surface area contributed by atoms with E-state index >= 15 is 0 Å². The Labute approximate surface area is 154 Å². The van der Waals surface area contributed by atoms with E-state index in [2.05, 4.69) is 6.92 Å². The lowest BCUT2D eigenvalue weighted by Crippen LogP contribution is -2.27. The fourth-order valence-corrected chi connectivity index (χ4v) is 3.52. The van der Waals surface area contributed by atoms with Crippen LogP contribution in [0.2, 0.25) is 5.02 Å². The smallest absolute Gasteiger partial charge is 0.268 e. The molecule has 0 spiro atoms. The Morgan fingerprint density at radius 3 is 2.52 bits per heavy atom. The van der Waals surface area contributed by atoms with Crippen molar-refractivity contribution in [3.05, 3.63) is 74.9 Å². The molecule has 25 heavy (non-hydrogen) atoms. The number of benzene rings is 2. The molecule has 1 heterocycles. The number of nitrogens with zero attached hydrogens (tertiary/aromatic N) is 1. The molecule has 1 fully saturated rings. The number of rotatable bonds is 4. The van der Waals surface area contributed by atoms with Crippen molar-refractivity contribution in [1.29, 1.82) is 0 Å². The van der Waals surface area contributed by atoms with Crippen LogP contribution >= 0.6 is 23.4 Å². The second-order valence-corrected chi connectivity index (χ2v) is 7.00. The number of hydrogen-bond donors (Lipinski definition) is 0. The van der Waals surface area contributed by atoms with E-state index in [-0.39, 0.29) is 22.7 Å². The molecule has 2 aromatic carbocycles. The summed E-state index contributed by atoms with van der Waals surface area (Å²) in [5.74, 6) is -0.826. The summed E-state index contributed by atoms with van der Waals surface area (Å²) >= 11 is 6.88. The van der Waals surface area contributed by atoms with Crippen LogP contribution in [0.25, 0.3) is 6.08 Å². The summed E-state index contributed by atoms with van der Waals surface area (Å²) in [6, 6.07) is 11.7. The number of hydrogen-bond acceptors (Lipinski definition) is 3. The van der Waals surface area contributed by atoms with E-state index in [1.54, 1.807) is 6.08 Å². The van der Waals surface area contributed by atoms with E-state index in [1.807, 2.05) is 24.3 Å². The number of carbonyl (C=O) groups is 2. The standard InChI is InChI=1S/C19H15ClFNO2S/c1-2-12-3-5-13(6-4-12)9-17-18(23)22(19(24)25-17)11-14-7-8-15(21)10-16(14)20/h3-10H,2,11H2,1H3/b17-9-. The third-order valence-electron chi connectivity index (χ3n) is 3.90. The van der Waals surface area contributed by atoms with Gasteiger partial charge in [-0.2, -0.15) is 0 Å². The van der Waals surface area contributed by atoms with Gasteiger partial charge in [-0.3, -0.25) is 14.5 Å². The van der Waals surface area contributed by atoms with Crippen LogP contribution in [0.4, 0.5) is 9.18 Å². The van der Waals surface area contributed by atoms with Crippen LogP contribution in [0.1, 0.15) is 23.6 Å². The fourth-order valence-electron chi connectivity index (χ4n) is 2.46. The predicted octanol–water partition coefficient (Wildman–Crippen LogP) is 5.28. The maximum absolute atomic E-state index is 13.1. The molecule has 3 rings (SSSR count). The Morgan fingerprint density at radius 1 is 1.16 bits per heavy atom. The molecule has 2 amide bonds. The second-order valence-electron chi connectivity index (χ2n) is 5.60. The molecule has 0 aliphatic carbocycles. The van der Waals surface area contributed by atoms with Crippen molar-refractivity contribution in [3.63, 3.8) is 0 Å². The zero-order valence-electron chi connectivity index (χ0n) is 13.5. The van der Waals surface area contributed by atoms with Crippen LogP contribution in [0.5, 0.6) is 0 Å². The molecule has 0 bridgehead atoms. The monoisotopic (exact) mass is 375 g/mol. The zero-order chi connectivity index (χ0) is 18.0. The summed E-state index contributed by atoms with van der Waals surface area (Å²) in [4.78, 5) is 26.2. The lowest BCUT2D eigenvalue weighted by atomic mass is 10.1. The van der Waals surface area contributed by atoms with Gasteiger partial charge in [-0.1, -0.05) is 48.9 Å². The maximum Gasteiger partial charge on any atom is 0.293 e. The van der Waals surface area contributed by atoms with Crippen molar-refractivity contribution >= 4 is 40.6 Å². The minimum absolute atomic E-state index is 0.0237. The molecule has 0 atom stereocenters. The Hall–Kier alpha value is -2.11. The first kappa shape index (κ1) is 17.7. The first-order valence-corrected chi connectivity index (χ1v) is 8.95.